The topological polar surface area (TPSA) is 37.4 Å². The number of rotatable bonds is 1. The summed E-state index contributed by atoms with van der Waals surface area (Å²) in [7, 11) is 0. The Kier molecular flexibility index (Phi) is 2.96. The first kappa shape index (κ1) is 15.1. The summed E-state index contributed by atoms with van der Waals surface area (Å²) in [5.74, 6) is -0.369. The Hall–Kier alpha value is -2.21. The monoisotopic (exact) mass is 439 g/mol. The van der Waals surface area contributed by atoms with Gasteiger partial charge in [0, 0.05) is 9.61 Å². The van der Waals surface area contributed by atoms with Crippen LogP contribution in [0.5, 0.6) is 0 Å². The lowest BCUT2D eigenvalue weighted by molar-refractivity contribution is 0.0609. The van der Waals surface area contributed by atoms with E-state index >= 15 is 0 Å². The van der Waals surface area contributed by atoms with Crippen molar-refractivity contribution < 1.29 is 9.59 Å². The number of hydrogen-bond donors (Lipinski definition) is 0. The molecule has 0 fully saturated rings. The first-order chi connectivity index (χ1) is 12.0. The number of hydrogen-bond acceptors (Lipinski definition) is 2. The zero-order valence-corrected chi connectivity index (χ0v) is 15.9. The highest BCUT2D eigenvalue weighted by Gasteiger charge is 2.39. The molecule has 0 radical (unpaired) electrons. The van der Waals surface area contributed by atoms with Gasteiger partial charge in [0.15, 0.2) is 0 Å². The summed E-state index contributed by atoms with van der Waals surface area (Å²) in [6.07, 6.45) is 0. The summed E-state index contributed by atoms with van der Waals surface area (Å²) in [4.78, 5) is 26.8. The largest absolute Gasteiger partial charge is 0.272 e. The van der Waals surface area contributed by atoms with E-state index in [1.807, 2.05) is 26.0 Å². The normalized spacial score (nSPS) is 14.6. The molecule has 0 unspecified atom stereocenters. The van der Waals surface area contributed by atoms with Crippen molar-refractivity contribution in [1.82, 2.24) is 4.90 Å². The van der Waals surface area contributed by atoms with E-state index in [0.29, 0.717) is 11.1 Å². The SMILES string of the molecule is CC(C)N1C(=O)c2cc3c(cc2C1=O)-c1ccc(I)c2cccc-3c12. The minimum Gasteiger partial charge on any atom is -0.272 e. The Bertz CT molecular complexity index is 1080. The molecule has 4 heteroatoms. The number of nitrogens with zero attached hydrogens (tertiary/aromatic N) is 1. The lowest BCUT2D eigenvalue weighted by Gasteiger charge is -2.17. The van der Waals surface area contributed by atoms with Gasteiger partial charge in [0.05, 0.1) is 11.1 Å². The second-order valence-electron chi connectivity index (χ2n) is 6.84. The summed E-state index contributed by atoms with van der Waals surface area (Å²) in [6.45, 7) is 3.74. The van der Waals surface area contributed by atoms with Gasteiger partial charge in [0.25, 0.3) is 11.8 Å². The first-order valence-electron chi connectivity index (χ1n) is 8.27. The van der Waals surface area contributed by atoms with Crippen molar-refractivity contribution in [3.8, 4) is 22.3 Å². The van der Waals surface area contributed by atoms with Crippen molar-refractivity contribution >= 4 is 45.2 Å². The van der Waals surface area contributed by atoms with Crippen LogP contribution in [0.25, 0.3) is 33.0 Å². The summed E-state index contributed by atoms with van der Waals surface area (Å²) < 4.78 is 1.21. The maximum absolute atomic E-state index is 12.7. The molecule has 0 atom stereocenters. The van der Waals surface area contributed by atoms with Gasteiger partial charge >= 0.3 is 0 Å². The van der Waals surface area contributed by atoms with Crippen LogP contribution in [0.1, 0.15) is 34.6 Å². The van der Waals surface area contributed by atoms with E-state index < -0.39 is 0 Å². The van der Waals surface area contributed by atoms with Crippen LogP contribution in [-0.2, 0) is 0 Å². The van der Waals surface area contributed by atoms with Crippen molar-refractivity contribution in [1.29, 1.82) is 0 Å². The summed E-state index contributed by atoms with van der Waals surface area (Å²) >= 11 is 2.35. The fourth-order valence-corrected chi connectivity index (χ4v) is 4.67. The van der Waals surface area contributed by atoms with Crippen LogP contribution in [0.2, 0.25) is 0 Å². The van der Waals surface area contributed by atoms with Crippen molar-refractivity contribution in [2.75, 3.05) is 0 Å². The highest BCUT2D eigenvalue weighted by atomic mass is 127. The van der Waals surface area contributed by atoms with E-state index in [-0.39, 0.29) is 17.9 Å². The smallest absolute Gasteiger partial charge is 0.261 e. The number of carbonyl (C=O) groups is 2. The molecule has 0 N–H and O–H groups in total. The van der Waals surface area contributed by atoms with E-state index in [9.17, 15) is 9.59 Å². The minimum atomic E-state index is -0.185. The minimum absolute atomic E-state index is 0.139. The fraction of sp³-hybridized carbons (Fsp3) is 0.143. The van der Waals surface area contributed by atoms with Crippen LogP contribution in [0.15, 0.2) is 42.5 Å². The highest BCUT2D eigenvalue weighted by Crippen LogP contribution is 2.49. The standard InChI is InChI=1S/C21H14INO2/c1-10(2)23-20(24)16-8-14-11-4-3-5-13-18(22)7-6-12(19(11)13)15(14)9-17(16)21(23)25/h3-10H,1-2H3. The zero-order valence-electron chi connectivity index (χ0n) is 13.8. The molecule has 0 aromatic heterocycles. The molecular formula is C21H14INO2. The van der Waals surface area contributed by atoms with Gasteiger partial charge in [-0.15, -0.1) is 0 Å². The van der Waals surface area contributed by atoms with Gasteiger partial charge < -0.3 is 0 Å². The molecular weight excluding hydrogens is 425 g/mol. The van der Waals surface area contributed by atoms with Crippen molar-refractivity contribution in [3.63, 3.8) is 0 Å². The number of carbonyl (C=O) groups excluding carboxylic acids is 2. The number of halogens is 1. The maximum atomic E-state index is 12.7. The Balaban J connectivity index is 1.83. The molecule has 5 rings (SSSR count). The van der Waals surface area contributed by atoms with Crippen LogP contribution >= 0.6 is 22.6 Å². The second-order valence-corrected chi connectivity index (χ2v) is 8.00. The predicted octanol–water partition coefficient (Wildman–Crippen LogP) is 5.10. The van der Waals surface area contributed by atoms with E-state index in [2.05, 4.69) is 52.9 Å². The Morgan fingerprint density at radius 3 is 2.00 bits per heavy atom. The summed E-state index contributed by atoms with van der Waals surface area (Å²) in [5, 5.41) is 2.43. The van der Waals surface area contributed by atoms with E-state index in [1.54, 1.807) is 0 Å². The molecule has 1 heterocycles. The van der Waals surface area contributed by atoms with Crippen LogP contribution in [0.4, 0.5) is 0 Å². The zero-order chi connectivity index (χ0) is 17.5. The van der Waals surface area contributed by atoms with Gasteiger partial charge in [-0.3, -0.25) is 14.5 Å². The molecule has 1 aliphatic heterocycles. The molecule has 3 aromatic rings. The average molecular weight is 439 g/mol. The molecule has 122 valence electrons. The summed E-state index contributed by atoms with van der Waals surface area (Å²) in [6, 6.07) is 14.2. The van der Waals surface area contributed by atoms with Crippen LogP contribution < -0.4 is 0 Å². The third-order valence-electron chi connectivity index (χ3n) is 5.14. The van der Waals surface area contributed by atoms with Crippen molar-refractivity contribution in [2.24, 2.45) is 0 Å². The van der Waals surface area contributed by atoms with Gasteiger partial charge in [0.1, 0.15) is 0 Å². The number of amides is 2. The van der Waals surface area contributed by atoms with Crippen LogP contribution in [0.3, 0.4) is 0 Å². The van der Waals surface area contributed by atoms with Gasteiger partial charge in [0.2, 0.25) is 0 Å². The van der Waals surface area contributed by atoms with Crippen LogP contribution in [-0.4, -0.2) is 22.8 Å². The van der Waals surface area contributed by atoms with Crippen molar-refractivity contribution in [3.05, 3.63) is 57.2 Å². The number of benzene rings is 3. The third kappa shape index (κ3) is 1.80. The van der Waals surface area contributed by atoms with Gasteiger partial charge in [-0.2, -0.15) is 0 Å². The molecule has 25 heavy (non-hydrogen) atoms. The second kappa shape index (κ2) is 4.91. The quantitative estimate of drug-likeness (QED) is 0.306. The third-order valence-corrected chi connectivity index (χ3v) is 6.08. The average Bonchev–Trinajstić information content (AvgIpc) is 3.03. The maximum Gasteiger partial charge on any atom is 0.261 e. The predicted molar refractivity (Wildman–Crippen MR) is 107 cm³/mol. The molecule has 2 aliphatic rings. The number of fused-ring (bicyclic) bond motifs is 4. The molecule has 1 aliphatic carbocycles. The Labute approximate surface area is 158 Å². The van der Waals surface area contributed by atoms with Crippen molar-refractivity contribution in [2.45, 2.75) is 19.9 Å². The molecule has 0 saturated carbocycles. The molecule has 2 amide bonds. The first-order valence-corrected chi connectivity index (χ1v) is 9.35. The van der Waals surface area contributed by atoms with E-state index in [0.717, 1.165) is 22.3 Å². The molecule has 0 spiro atoms. The summed E-state index contributed by atoms with van der Waals surface area (Å²) in [5.41, 5.74) is 5.44. The van der Waals surface area contributed by atoms with Gasteiger partial charge in [-0.05, 0) is 87.7 Å². The van der Waals surface area contributed by atoms with E-state index in [4.69, 9.17) is 0 Å². The van der Waals surface area contributed by atoms with E-state index in [1.165, 1.54) is 19.2 Å². The number of imide groups is 1. The molecule has 0 saturated heterocycles. The molecule has 3 nitrogen and oxygen atoms in total. The van der Waals surface area contributed by atoms with Gasteiger partial charge in [-0.1, -0.05) is 24.3 Å². The highest BCUT2D eigenvalue weighted by molar-refractivity contribution is 14.1. The lowest BCUT2D eigenvalue weighted by Crippen LogP contribution is -2.35. The Morgan fingerprint density at radius 1 is 0.800 bits per heavy atom. The molecule has 3 aromatic carbocycles. The van der Waals surface area contributed by atoms with Crippen LogP contribution in [0, 0.1) is 3.57 Å². The lowest BCUT2D eigenvalue weighted by atomic mass is 9.98. The fourth-order valence-electron chi connectivity index (χ4n) is 4.04. The van der Waals surface area contributed by atoms with Gasteiger partial charge in [-0.25, -0.2) is 0 Å². The molecule has 0 bridgehead atoms. The Morgan fingerprint density at radius 2 is 1.40 bits per heavy atom.